The van der Waals surface area contributed by atoms with E-state index in [9.17, 15) is 4.79 Å². The quantitative estimate of drug-likeness (QED) is 0.340. The molecule has 1 N–H and O–H groups in total. The van der Waals surface area contributed by atoms with E-state index >= 15 is 0 Å². The highest BCUT2D eigenvalue weighted by atomic mass is 16.4. The minimum absolute atomic E-state index is 0.476. The first-order valence-electron chi connectivity index (χ1n) is 6.81. The highest BCUT2D eigenvalue weighted by Gasteiger charge is 2.00. The van der Waals surface area contributed by atoms with Crippen molar-refractivity contribution in [2.24, 2.45) is 0 Å². The Kier molecular flexibility index (Phi) is 10.7. The molecule has 0 saturated carbocycles. The molecule has 0 aromatic rings. The number of hydrogen-bond donors (Lipinski definition) is 1. The normalized spacial score (nSPS) is 12.2. The monoisotopic (exact) mass is 238 g/mol. The van der Waals surface area contributed by atoms with Gasteiger partial charge >= 0.3 is 5.97 Å². The number of carboxylic acids is 1. The number of unbranched alkanes of at least 4 members (excludes halogenated alkanes) is 6. The van der Waals surface area contributed by atoms with Gasteiger partial charge in [0, 0.05) is 5.57 Å². The van der Waals surface area contributed by atoms with Crippen molar-refractivity contribution >= 4 is 5.97 Å². The zero-order chi connectivity index (χ0) is 12.9. The SMILES string of the molecule is CCCCCCCCC=CC=C(CC)C(=O)O. The number of carboxylic acid groups (broad SMARTS) is 1. The molecule has 2 nitrogen and oxygen atoms in total. The van der Waals surface area contributed by atoms with Crippen LogP contribution in [0.15, 0.2) is 23.8 Å². The van der Waals surface area contributed by atoms with Crippen molar-refractivity contribution in [3.8, 4) is 0 Å². The Bertz CT molecular complexity index is 252. The third-order valence-corrected chi connectivity index (χ3v) is 2.81. The van der Waals surface area contributed by atoms with Crippen molar-refractivity contribution in [1.82, 2.24) is 0 Å². The molecule has 0 aromatic heterocycles. The largest absolute Gasteiger partial charge is 0.478 e. The maximum atomic E-state index is 10.7. The zero-order valence-electron chi connectivity index (χ0n) is 11.2. The highest BCUT2D eigenvalue weighted by molar-refractivity contribution is 5.86. The summed E-state index contributed by atoms with van der Waals surface area (Å²) < 4.78 is 0. The Labute approximate surface area is 105 Å². The molecule has 0 aliphatic carbocycles. The average molecular weight is 238 g/mol. The maximum Gasteiger partial charge on any atom is 0.331 e. The summed E-state index contributed by atoms with van der Waals surface area (Å²) in [6.07, 6.45) is 15.1. The maximum absolute atomic E-state index is 10.7. The van der Waals surface area contributed by atoms with Crippen LogP contribution < -0.4 is 0 Å². The first kappa shape index (κ1) is 16.0. The fourth-order valence-electron chi connectivity index (χ4n) is 1.66. The Morgan fingerprint density at radius 3 is 2.29 bits per heavy atom. The lowest BCUT2D eigenvalue weighted by Crippen LogP contribution is -1.97. The molecule has 2 heteroatoms. The summed E-state index contributed by atoms with van der Waals surface area (Å²) in [6, 6.07) is 0. The van der Waals surface area contributed by atoms with Gasteiger partial charge in [-0.1, -0.05) is 64.2 Å². The summed E-state index contributed by atoms with van der Waals surface area (Å²) in [5.41, 5.74) is 0.476. The summed E-state index contributed by atoms with van der Waals surface area (Å²) in [5.74, 6) is -0.809. The van der Waals surface area contributed by atoms with Crippen molar-refractivity contribution < 1.29 is 9.90 Å². The van der Waals surface area contributed by atoms with Crippen molar-refractivity contribution in [2.75, 3.05) is 0 Å². The van der Waals surface area contributed by atoms with Gasteiger partial charge in [-0.3, -0.25) is 0 Å². The molecule has 0 fully saturated rings. The lowest BCUT2D eigenvalue weighted by Gasteiger charge is -1.97. The summed E-state index contributed by atoms with van der Waals surface area (Å²) in [7, 11) is 0. The van der Waals surface area contributed by atoms with E-state index in [1.807, 2.05) is 13.0 Å². The van der Waals surface area contributed by atoms with Crippen molar-refractivity contribution in [2.45, 2.75) is 65.2 Å². The van der Waals surface area contributed by atoms with Crippen LogP contribution in [0.5, 0.6) is 0 Å². The summed E-state index contributed by atoms with van der Waals surface area (Å²) in [6.45, 7) is 4.09. The minimum Gasteiger partial charge on any atom is -0.478 e. The third kappa shape index (κ3) is 9.86. The Morgan fingerprint density at radius 1 is 1.06 bits per heavy atom. The van der Waals surface area contributed by atoms with Crippen molar-refractivity contribution in [1.29, 1.82) is 0 Å². The highest BCUT2D eigenvalue weighted by Crippen LogP contribution is 2.07. The molecule has 0 aliphatic rings. The second kappa shape index (κ2) is 11.4. The molecule has 0 saturated heterocycles. The van der Waals surface area contributed by atoms with E-state index in [-0.39, 0.29) is 0 Å². The third-order valence-electron chi connectivity index (χ3n) is 2.81. The van der Waals surface area contributed by atoms with Crippen LogP contribution >= 0.6 is 0 Å². The van der Waals surface area contributed by atoms with E-state index in [0.29, 0.717) is 12.0 Å². The summed E-state index contributed by atoms with van der Waals surface area (Å²) in [4.78, 5) is 10.7. The van der Waals surface area contributed by atoms with E-state index in [4.69, 9.17) is 5.11 Å². The van der Waals surface area contributed by atoms with Gasteiger partial charge in [-0.05, 0) is 19.3 Å². The molecular formula is C15H26O2. The van der Waals surface area contributed by atoms with Crippen LogP contribution in [0.3, 0.4) is 0 Å². The van der Waals surface area contributed by atoms with Gasteiger partial charge in [0.2, 0.25) is 0 Å². The van der Waals surface area contributed by atoms with E-state index < -0.39 is 5.97 Å². The molecule has 0 spiro atoms. The summed E-state index contributed by atoms with van der Waals surface area (Å²) in [5, 5.41) is 8.79. The van der Waals surface area contributed by atoms with Crippen LogP contribution in [-0.2, 0) is 4.79 Å². The van der Waals surface area contributed by atoms with Crippen LogP contribution in [0.25, 0.3) is 0 Å². The van der Waals surface area contributed by atoms with Crippen LogP contribution in [-0.4, -0.2) is 11.1 Å². The zero-order valence-corrected chi connectivity index (χ0v) is 11.2. The van der Waals surface area contributed by atoms with Gasteiger partial charge in [0.1, 0.15) is 0 Å². The first-order chi connectivity index (χ1) is 8.22. The van der Waals surface area contributed by atoms with Gasteiger partial charge in [0.15, 0.2) is 0 Å². The molecule has 0 rings (SSSR count). The predicted octanol–water partition coefficient (Wildman–Crippen LogP) is 4.71. The fraction of sp³-hybridized carbons (Fsp3) is 0.667. The number of hydrogen-bond acceptors (Lipinski definition) is 1. The second-order valence-electron chi connectivity index (χ2n) is 4.34. The number of allylic oxidation sites excluding steroid dienone is 3. The second-order valence-corrected chi connectivity index (χ2v) is 4.34. The van der Waals surface area contributed by atoms with Gasteiger partial charge in [0.25, 0.3) is 0 Å². The molecule has 0 bridgehead atoms. The van der Waals surface area contributed by atoms with E-state index in [1.165, 1.54) is 38.5 Å². The molecule has 0 heterocycles. The Balaban J connectivity index is 3.57. The van der Waals surface area contributed by atoms with Crippen LogP contribution in [0.1, 0.15) is 65.2 Å². The molecule has 98 valence electrons. The molecule has 17 heavy (non-hydrogen) atoms. The molecule has 0 unspecified atom stereocenters. The van der Waals surface area contributed by atoms with Crippen LogP contribution in [0, 0.1) is 0 Å². The van der Waals surface area contributed by atoms with Gasteiger partial charge in [0.05, 0.1) is 0 Å². The summed E-state index contributed by atoms with van der Waals surface area (Å²) >= 11 is 0. The van der Waals surface area contributed by atoms with E-state index in [0.717, 1.165) is 6.42 Å². The average Bonchev–Trinajstić information content (AvgIpc) is 2.31. The first-order valence-corrected chi connectivity index (χ1v) is 6.81. The minimum atomic E-state index is -0.809. The van der Waals surface area contributed by atoms with Gasteiger partial charge in [-0.25, -0.2) is 4.79 Å². The van der Waals surface area contributed by atoms with Crippen LogP contribution in [0.4, 0.5) is 0 Å². The Hall–Kier alpha value is -1.05. The number of rotatable bonds is 10. The lowest BCUT2D eigenvalue weighted by molar-refractivity contribution is -0.132. The van der Waals surface area contributed by atoms with Gasteiger partial charge < -0.3 is 5.11 Å². The number of carbonyl (C=O) groups is 1. The van der Waals surface area contributed by atoms with E-state index in [2.05, 4.69) is 13.0 Å². The topological polar surface area (TPSA) is 37.3 Å². The molecular weight excluding hydrogens is 212 g/mol. The van der Waals surface area contributed by atoms with Gasteiger partial charge in [-0.2, -0.15) is 0 Å². The predicted molar refractivity (Wildman–Crippen MR) is 73.1 cm³/mol. The fourth-order valence-corrected chi connectivity index (χ4v) is 1.66. The van der Waals surface area contributed by atoms with Crippen molar-refractivity contribution in [3.05, 3.63) is 23.8 Å². The van der Waals surface area contributed by atoms with Gasteiger partial charge in [-0.15, -0.1) is 0 Å². The van der Waals surface area contributed by atoms with Crippen LogP contribution in [0.2, 0.25) is 0 Å². The molecule has 0 atom stereocenters. The smallest absolute Gasteiger partial charge is 0.331 e. The standard InChI is InChI=1S/C15H26O2/c1-3-5-6-7-8-9-10-11-12-13-14(4-2)15(16)17/h11-13H,3-10H2,1-2H3,(H,16,17). The molecule has 0 aromatic carbocycles. The number of aliphatic carboxylic acids is 1. The van der Waals surface area contributed by atoms with Crippen molar-refractivity contribution in [3.63, 3.8) is 0 Å². The Morgan fingerprint density at radius 2 is 1.71 bits per heavy atom. The van der Waals surface area contributed by atoms with E-state index in [1.54, 1.807) is 6.08 Å². The molecule has 0 radical (unpaired) electrons. The molecule has 0 amide bonds. The lowest BCUT2D eigenvalue weighted by atomic mass is 10.1. The molecule has 0 aliphatic heterocycles.